The van der Waals surface area contributed by atoms with Crippen molar-refractivity contribution in [2.75, 3.05) is 19.8 Å². The summed E-state index contributed by atoms with van der Waals surface area (Å²) in [7, 11) is 0. The second-order valence-corrected chi connectivity index (χ2v) is 13.0. The van der Waals surface area contributed by atoms with Gasteiger partial charge < -0.3 is 52.1 Å². The molecule has 11 nitrogen and oxygen atoms in total. The Kier molecular flexibility index (Phi) is 9.23. The maximum Gasteiger partial charge on any atom is 0.190 e. The second-order valence-electron chi connectivity index (χ2n) is 13.0. The van der Waals surface area contributed by atoms with Crippen molar-refractivity contribution >= 4 is 0 Å². The van der Waals surface area contributed by atoms with E-state index in [4.69, 9.17) is 58.5 Å². The summed E-state index contributed by atoms with van der Waals surface area (Å²) in [4.78, 5) is 0. The summed E-state index contributed by atoms with van der Waals surface area (Å²) in [6.45, 7) is 8.29. The number of benzene rings is 2. The Morgan fingerprint density at radius 3 is 2.20 bits per heavy atom. The molecule has 11 atom stereocenters. The van der Waals surface area contributed by atoms with Gasteiger partial charge in [0.2, 0.25) is 0 Å². The fourth-order valence-electron chi connectivity index (χ4n) is 6.70. The molecule has 0 aliphatic carbocycles. The van der Waals surface area contributed by atoms with E-state index in [-0.39, 0.29) is 13.2 Å². The number of hydrogen-bond acceptors (Lipinski definition) is 11. The van der Waals surface area contributed by atoms with Crippen LogP contribution in [0.3, 0.4) is 0 Å². The Morgan fingerprint density at radius 2 is 1.48 bits per heavy atom. The molecule has 5 saturated heterocycles. The van der Waals surface area contributed by atoms with Gasteiger partial charge >= 0.3 is 0 Å². The quantitative estimate of drug-likeness (QED) is 0.375. The van der Waals surface area contributed by atoms with Gasteiger partial charge in [-0.25, -0.2) is 0 Å². The zero-order chi connectivity index (χ0) is 31.9. The highest BCUT2D eigenvalue weighted by molar-refractivity contribution is 5.17. The first-order valence-corrected chi connectivity index (χ1v) is 15.9. The first kappa shape index (κ1) is 32.1. The molecule has 46 heavy (non-hydrogen) atoms. The van der Waals surface area contributed by atoms with Crippen LogP contribution in [-0.4, -0.2) is 92.8 Å². The number of fused-ring (bicyclic) bond motifs is 2. The third-order valence-corrected chi connectivity index (χ3v) is 8.71. The molecule has 2 aromatic carbocycles. The van der Waals surface area contributed by atoms with Crippen molar-refractivity contribution < 1.29 is 52.1 Å². The molecule has 5 aliphatic heterocycles. The highest BCUT2D eigenvalue weighted by Crippen LogP contribution is 2.44. The fourth-order valence-corrected chi connectivity index (χ4v) is 6.70. The predicted octanol–water partition coefficient (Wildman–Crippen LogP) is 3.84. The number of hydrogen-bond donors (Lipinski definition) is 0. The van der Waals surface area contributed by atoms with Crippen LogP contribution in [0.25, 0.3) is 0 Å². The summed E-state index contributed by atoms with van der Waals surface area (Å²) in [5, 5.41) is 0. The smallest absolute Gasteiger partial charge is 0.190 e. The van der Waals surface area contributed by atoms with E-state index < -0.39 is 79.3 Å². The molecule has 0 amide bonds. The molecule has 2 aromatic rings. The minimum absolute atomic E-state index is 0.00609. The number of terminal acetylenes is 1. The topological polar surface area (TPSA) is 102 Å². The average Bonchev–Trinajstić information content (AvgIpc) is 3.68. The van der Waals surface area contributed by atoms with Crippen molar-refractivity contribution in [3.8, 4) is 12.3 Å². The molecule has 0 aromatic heterocycles. The summed E-state index contributed by atoms with van der Waals surface area (Å²) in [5.74, 6) is 0.939. The van der Waals surface area contributed by atoms with Crippen LogP contribution in [-0.2, 0) is 58.7 Å². The SMILES string of the molecule is C#CCO[C@@H]1[C@H](O[C@@H]2[C@H]3OC(C)(C)O[C@H]3O[C@@H]2C2COC(C)(C)O2)O[C@@H]2CO[C@@H](c3ccccc3)O[C@H]2[C@@H]1OCc1ccccc1. The third-order valence-electron chi connectivity index (χ3n) is 8.71. The van der Waals surface area contributed by atoms with Crippen molar-refractivity contribution in [3.05, 3.63) is 71.8 Å². The van der Waals surface area contributed by atoms with Gasteiger partial charge in [0.25, 0.3) is 0 Å². The highest BCUT2D eigenvalue weighted by Gasteiger charge is 2.61. The Bertz CT molecular complexity index is 1350. The monoisotopic (exact) mass is 638 g/mol. The van der Waals surface area contributed by atoms with Gasteiger partial charge in [0, 0.05) is 5.56 Å². The Labute approximate surface area is 269 Å². The van der Waals surface area contributed by atoms with Crippen LogP contribution in [0.15, 0.2) is 60.7 Å². The van der Waals surface area contributed by atoms with Crippen LogP contribution >= 0.6 is 0 Å². The van der Waals surface area contributed by atoms with E-state index >= 15 is 0 Å². The summed E-state index contributed by atoms with van der Waals surface area (Å²) in [6.07, 6.45) is -1.26. The minimum atomic E-state index is -0.951. The number of ether oxygens (including phenoxy) is 11. The van der Waals surface area contributed by atoms with E-state index in [9.17, 15) is 0 Å². The van der Waals surface area contributed by atoms with Crippen molar-refractivity contribution in [2.45, 2.75) is 114 Å². The lowest BCUT2D eigenvalue weighted by Gasteiger charge is -2.49. The molecule has 0 N–H and O–H groups in total. The Hall–Kier alpha value is -2.44. The van der Waals surface area contributed by atoms with E-state index in [1.54, 1.807) is 0 Å². The van der Waals surface area contributed by atoms with Gasteiger partial charge in [-0.2, -0.15) is 0 Å². The van der Waals surface area contributed by atoms with Gasteiger partial charge in [-0.3, -0.25) is 0 Å². The molecule has 0 bridgehead atoms. The summed E-state index contributed by atoms with van der Waals surface area (Å²) in [6, 6.07) is 19.7. The molecule has 0 radical (unpaired) electrons. The highest BCUT2D eigenvalue weighted by atomic mass is 16.9. The van der Waals surface area contributed by atoms with Crippen LogP contribution in [0, 0.1) is 12.3 Å². The van der Waals surface area contributed by atoms with Gasteiger partial charge in [0.1, 0.15) is 55.4 Å². The maximum atomic E-state index is 6.83. The molecule has 5 fully saturated rings. The average molecular weight is 639 g/mol. The molecule has 248 valence electrons. The third kappa shape index (κ3) is 6.76. The van der Waals surface area contributed by atoms with Crippen molar-refractivity contribution in [2.24, 2.45) is 0 Å². The molecule has 11 heteroatoms. The van der Waals surface area contributed by atoms with Crippen LogP contribution in [0.5, 0.6) is 0 Å². The largest absolute Gasteiger partial charge is 0.368 e. The fraction of sp³-hybridized carbons (Fsp3) is 0.600. The van der Waals surface area contributed by atoms with E-state index in [0.717, 1.165) is 11.1 Å². The van der Waals surface area contributed by atoms with E-state index in [0.29, 0.717) is 13.2 Å². The van der Waals surface area contributed by atoms with Crippen molar-refractivity contribution in [3.63, 3.8) is 0 Å². The lowest BCUT2D eigenvalue weighted by molar-refractivity contribution is -0.379. The predicted molar refractivity (Wildman–Crippen MR) is 161 cm³/mol. The van der Waals surface area contributed by atoms with Crippen LogP contribution in [0.1, 0.15) is 45.1 Å². The first-order valence-electron chi connectivity index (χ1n) is 15.9. The summed E-state index contributed by atoms with van der Waals surface area (Å²) >= 11 is 0. The van der Waals surface area contributed by atoms with Gasteiger partial charge in [0.05, 0.1) is 19.8 Å². The zero-order valence-corrected chi connectivity index (χ0v) is 26.5. The van der Waals surface area contributed by atoms with Crippen LogP contribution < -0.4 is 0 Å². The zero-order valence-electron chi connectivity index (χ0n) is 26.5. The second kappa shape index (κ2) is 13.2. The first-order chi connectivity index (χ1) is 22.2. The molecule has 7 rings (SSSR count). The van der Waals surface area contributed by atoms with Crippen molar-refractivity contribution in [1.82, 2.24) is 0 Å². The lowest BCUT2D eigenvalue weighted by atomic mass is 9.96. The van der Waals surface area contributed by atoms with E-state index in [1.807, 2.05) is 88.4 Å². The van der Waals surface area contributed by atoms with Gasteiger partial charge in [-0.1, -0.05) is 66.6 Å². The molecular formula is C35H42O11. The van der Waals surface area contributed by atoms with Gasteiger partial charge in [-0.15, -0.1) is 6.42 Å². The van der Waals surface area contributed by atoms with Crippen molar-refractivity contribution in [1.29, 1.82) is 0 Å². The standard InChI is InChI=1S/C35H42O11/c1-6-17-36-29-27(37-18-21-13-9-7-10-14-21)25-23(19-38-31(41-25)22-15-11-8-12-16-22)40-32(29)43-28-26(24-20-39-34(2,3)44-24)42-33-30(28)45-35(4,5)46-33/h1,7-16,23-33H,17-20H2,2-5H3/t23-,24?,25-,26-,27+,28+,29+,30-,31-,32+,33-/m1/s1. The molecule has 0 spiro atoms. The summed E-state index contributed by atoms with van der Waals surface area (Å²) < 4.78 is 70.0. The molecule has 5 heterocycles. The number of rotatable bonds is 9. The molecule has 5 aliphatic rings. The molecular weight excluding hydrogens is 596 g/mol. The van der Waals surface area contributed by atoms with Gasteiger partial charge in [0.15, 0.2) is 30.4 Å². The normalized spacial score (nSPS) is 39.4. The van der Waals surface area contributed by atoms with Crippen LogP contribution in [0.2, 0.25) is 0 Å². The molecule has 1 unspecified atom stereocenters. The summed E-state index contributed by atoms with van der Waals surface area (Å²) in [5.41, 5.74) is 1.89. The van der Waals surface area contributed by atoms with E-state index in [1.165, 1.54) is 0 Å². The Balaban J connectivity index is 1.18. The minimum Gasteiger partial charge on any atom is -0.368 e. The lowest BCUT2D eigenvalue weighted by Crippen LogP contribution is -2.64. The van der Waals surface area contributed by atoms with Gasteiger partial charge in [-0.05, 0) is 33.3 Å². The van der Waals surface area contributed by atoms with E-state index in [2.05, 4.69) is 5.92 Å². The van der Waals surface area contributed by atoms with Crippen LogP contribution in [0.4, 0.5) is 0 Å². The Morgan fingerprint density at radius 1 is 0.739 bits per heavy atom. The molecule has 0 saturated carbocycles. The maximum absolute atomic E-state index is 6.83.